The molecule has 0 aromatic carbocycles. The smallest absolute Gasteiger partial charge is 0.0913 e. The van der Waals surface area contributed by atoms with E-state index >= 15 is 0 Å². The lowest BCUT2D eigenvalue weighted by Crippen LogP contribution is -1.92. The monoisotopic (exact) mass is 258 g/mol. The van der Waals surface area contributed by atoms with E-state index < -0.39 is 0 Å². The van der Waals surface area contributed by atoms with E-state index in [4.69, 9.17) is 10.2 Å². The van der Waals surface area contributed by atoms with Crippen LogP contribution in [0.1, 0.15) is 0 Å². The zero-order chi connectivity index (χ0) is 7.07. The number of alkyl halides is 2. The number of hydrogen-bond donors (Lipinski definition) is 2. The van der Waals surface area contributed by atoms with Crippen LogP contribution in [0.4, 0.5) is 0 Å². The molecule has 1 rings (SSSR count). The van der Waals surface area contributed by atoms with E-state index in [2.05, 4.69) is 31.9 Å². The third-order valence-electron chi connectivity index (χ3n) is 1.76. The first-order valence-corrected chi connectivity index (χ1v) is 4.32. The van der Waals surface area contributed by atoms with E-state index in [9.17, 15) is 0 Å². The van der Waals surface area contributed by atoms with Crippen molar-refractivity contribution in [3.8, 4) is 0 Å². The molecule has 1 fully saturated rings. The second-order valence-corrected chi connectivity index (χ2v) is 5.94. The van der Waals surface area contributed by atoms with Gasteiger partial charge in [0.2, 0.25) is 0 Å². The molecule has 0 saturated heterocycles. The highest BCUT2D eigenvalue weighted by molar-refractivity contribution is 9.25. The molecule has 9 heavy (non-hydrogen) atoms. The van der Waals surface area contributed by atoms with Crippen molar-refractivity contribution in [2.24, 2.45) is 11.8 Å². The van der Waals surface area contributed by atoms with Crippen molar-refractivity contribution in [2.45, 2.75) is 3.23 Å². The molecule has 0 bridgehead atoms. The maximum Gasteiger partial charge on any atom is 0.0913 e. The van der Waals surface area contributed by atoms with Crippen LogP contribution in [-0.2, 0) is 0 Å². The molecule has 54 valence electrons. The molecule has 0 spiro atoms. The fraction of sp³-hybridized carbons (Fsp3) is 1.00. The van der Waals surface area contributed by atoms with Gasteiger partial charge in [0.1, 0.15) is 0 Å². The summed E-state index contributed by atoms with van der Waals surface area (Å²) in [6.45, 7) is 0.253. The molecule has 2 N–H and O–H groups in total. The van der Waals surface area contributed by atoms with E-state index in [-0.39, 0.29) is 28.3 Å². The maximum atomic E-state index is 8.67. The Morgan fingerprint density at radius 1 is 1.11 bits per heavy atom. The van der Waals surface area contributed by atoms with Gasteiger partial charge in [-0.25, -0.2) is 0 Å². The zero-order valence-corrected chi connectivity index (χ0v) is 7.89. The van der Waals surface area contributed by atoms with Gasteiger partial charge in [-0.1, -0.05) is 31.9 Å². The fourth-order valence-electron chi connectivity index (χ4n) is 0.958. The molecule has 1 aliphatic carbocycles. The molecule has 2 atom stereocenters. The van der Waals surface area contributed by atoms with Crippen LogP contribution >= 0.6 is 31.9 Å². The summed E-state index contributed by atoms with van der Waals surface area (Å²) in [5.41, 5.74) is 0. The molecular formula is C5H8Br2O2. The lowest BCUT2D eigenvalue weighted by molar-refractivity contribution is 0.232. The number of hydrogen-bond acceptors (Lipinski definition) is 2. The van der Waals surface area contributed by atoms with Crippen molar-refractivity contribution in [1.29, 1.82) is 0 Å². The molecule has 1 saturated carbocycles. The van der Waals surface area contributed by atoms with Gasteiger partial charge in [0, 0.05) is 25.0 Å². The van der Waals surface area contributed by atoms with Crippen LogP contribution in [0.15, 0.2) is 0 Å². The van der Waals surface area contributed by atoms with Crippen LogP contribution in [0.3, 0.4) is 0 Å². The maximum absolute atomic E-state index is 8.67. The number of halogens is 2. The van der Waals surface area contributed by atoms with Crippen LogP contribution in [0.25, 0.3) is 0 Å². The second kappa shape index (κ2) is 2.49. The van der Waals surface area contributed by atoms with E-state index in [0.29, 0.717) is 0 Å². The minimum atomic E-state index is -0.191. The first-order valence-electron chi connectivity index (χ1n) is 2.74. The largest absolute Gasteiger partial charge is 0.396 e. The Hall–Kier alpha value is 0.880. The Bertz CT molecular complexity index is 104. The van der Waals surface area contributed by atoms with Crippen molar-refractivity contribution in [1.82, 2.24) is 0 Å². The molecule has 0 radical (unpaired) electrons. The molecule has 0 amide bonds. The van der Waals surface area contributed by atoms with Gasteiger partial charge in [-0.05, 0) is 0 Å². The minimum Gasteiger partial charge on any atom is -0.396 e. The van der Waals surface area contributed by atoms with Gasteiger partial charge in [-0.15, -0.1) is 0 Å². The Balaban J connectivity index is 2.45. The third kappa shape index (κ3) is 1.18. The van der Waals surface area contributed by atoms with E-state index in [1.807, 2.05) is 0 Å². The predicted octanol–water partition coefficient (Wildman–Crippen LogP) is 0.703. The summed E-state index contributed by atoms with van der Waals surface area (Å²) < 4.78 is -0.191. The predicted molar refractivity (Wildman–Crippen MR) is 41.7 cm³/mol. The zero-order valence-electron chi connectivity index (χ0n) is 4.72. The minimum absolute atomic E-state index is 0.127. The highest BCUT2D eigenvalue weighted by atomic mass is 79.9. The lowest BCUT2D eigenvalue weighted by atomic mass is 10.3. The lowest BCUT2D eigenvalue weighted by Gasteiger charge is -1.92. The van der Waals surface area contributed by atoms with Crippen LogP contribution in [0.2, 0.25) is 0 Å². The molecular weight excluding hydrogens is 252 g/mol. The van der Waals surface area contributed by atoms with E-state index in [1.165, 1.54) is 0 Å². The van der Waals surface area contributed by atoms with Crippen LogP contribution in [0, 0.1) is 11.8 Å². The molecule has 2 nitrogen and oxygen atoms in total. The van der Waals surface area contributed by atoms with Crippen molar-refractivity contribution in [3.63, 3.8) is 0 Å². The number of aliphatic hydroxyl groups excluding tert-OH is 2. The average Bonchev–Trinajstić information content (AvgIpc) is 2.32. The quantitative estimate of drug-likeness (QED) is 0.717. The Labute approximate surface area is 70.5 Å². The van der Waals surface area contributed by atoms with Crippen molar-refractivity contribution in [2.75, 3.05) is 13.2 Å². The molecule has 0 unspecified atom stereocenters. The van der Waals surface area contributed by atoms with E-state index in [0.717, 1.165) is 0 Å². The summed E-state index contributed by atoms with van der Waals surface area (Å²) in [6.07, 6.45) is 0. The molecule has 1 aliphatic rings. The highest BCUT2D eigenvalue weighted by Gasteiger charge is 2.60. The number of aliphatic hydroxyl groups is 2. The first-order chi connectivity index (χ1) is 4.14. The Kier molecular flexibility index (Phi) is 2.21. The van der Waals surface area contributed by atoms with Crippen LogP contribution in [-0.4, -0.2) is 26.7 Å². The highest BCUT2D eigenvalue weighted by Crippen LogP contribution is 2.61. The van der Waals surface area contributed by atoms with Gasteiger partial charge in [0.15, 0.2) is 0 Å². The van der Waals surface area contributed by atoms with Gasteiger partial charge in [0.05, 0.1) is 3.23 Å². The van der Waals surface area contributed by atoms with Crippen molar-refractivity contribution in [3.05, 3.63) is 0 Å². The van der Waals surface area contributed by atoms with Gasteiger partial charge < -0.3 is 10.2 Å². The van der Waals surface area contributed by atoms with Crippen LogP contribution in [0.5, 0.6) is 0 Å². The fourth-order valence-corrected chi connectivity index (χ4v) is 2.55. The Morgan fingerprint density at radius 2 is 1.44 bits per heavy atom. The summed E-state index contributed by atoms with van der Waals surface area (Å²) in [6, 6.07) is 0. The molecule has 0 aromatic rings. The molecule has 0 heterocycles. The van der Waals surface area contributed by atoms with Gasteiger partial charge in [-0.2, -0.15) is 0 Å². The summed E-state index contributed by atoms with van der Waals surface area (Å²) in [5.74, 6) is 0.338. The van der Waals surface area contributed by atoms with Crippen LogP contribution < -0.4 is 0 Å². The summed E-state index contributed by atoms with van der Waals surface area (Å²) in [7, 11) is 0. The Morgan fingerprint density at radius 3 is 1.56 bits per heavy atom. The molecule has 4 heteroatoms. The summed E-state index contributed by atoms with van der Waals surface area (Å²) in [5, 5.41) is 17.3. The normalized spacial score (nSPS) is 38.7. The average molecular weight is 260 g/mol. The summed E-state index contributed by atoms with van der Waals surface area (Å²) >= 11 is 6.67. The van der Waals surface area contributed by atoms with Crippen molar-refractivity contribution >= 4 is 31.9 Å². The standard InChI is InChI=1S/C5H8Br2O2/c6-5(7)3(1-8)4(5)2-9/h3-4,8-9H,1-2H2/t3-,4+. The van der Waals surface area contributed by atoms with Gasteiger partial charge in [-0.3, -0.25) is 0 Å². The third-order valence-corrected chi connectivity index (χ3v) is 4.11. The van der Waals surface area contributed by atoms with Gasteiger partial charge >= 0.3 is 0 Å². The van der Waals surface area contributed by atoms with Gasteiger partial charge in [0.25, 0.3) is 0 Å². The van der Waals surface area contributed by atoms with E-state index in [1.54, 1.807) is 0 Å². The first kappa shape index (κ1) is 7.98. The van der Waals surface area contributed by atoms with Crippen molar-refractivity contribution < 1.29 is 10.2 Å². The molecule has 0 aromatic heterocycles. The molecule has 0 aliphatic heterocycles. The topological polar surface area (TPSA) is 40.5 Å². The summed E-state index contributed by atoms with van der Waals surface area (Å²) in [4.78, 5) is 0. The number of rotatable bonds is 2. The second-order valence-electron chi connectivity index (χ2n) is 2.25. The SMILES string of the molecule is OC[C@@H]1[C@H](CO)C1(Br)Br.